The van der Waals surface area contributed by atoms with Crippen molar-refractivity contribution in [2.24, 2.45) is 5.92 Å². The van der Waals surface area contributed by atoms with E-state index in [9.17, 15) is 9.59 Å². The van der Waals surface area contributed by atoms with Crippen LogP contribution < -0.4 is 14.8 Å². The second-order valence-corrected chi connectivity index (χ2v) is 7.10. The van der Waals surface area contributed by atoms with E-state index >= 15 is 0 Å². The van der Waals surface area contributed by atoms with Gasteiger partial charge in [0.25, 0.3) is 11.8 Å². The monoisotopic (exact) mass is 344 g/mol. The third-order valence-corrected chi connectivity index (χ3v) is 5.53. The maximum absolute atomic E-state index is 12.7. The van der Waals surface area contributed by atoms with Crippen molar-refractivity contribution in [3.8, 4) is 11.5 Å². The number of amides is 2. The molecule has 0 aromatic heterocycles. The van der Waals surface area contributed by atoms with E-state index in [4.69, 9.17) is 9.47 Å². The third kappa shape index (κ3) is 3.30. The van der Waals surface area contributed by atoms with Crippen LogP contribution in [0.2, 0.25) is 0 Å². The quantitative estimate of drug-likeness (QED) is 0.915. The number of benzene rings is 1. The average molecular weight is 344 g/mol. The molecular weight excluding hydrogens is 320 g/mol. The van der Waals surface area contributed by atoms with Crippen LogP contribution in [-0.4, -0.2) is 42.5 Å². The van der Waals surface area contributed by atoms with Gasteiger partial charge in [-0.1, -0.05) is 18.9 Å². The summed E-state index contributed by atoms with van der Waals surface area (Å²) in [5.74, 6) is 1.54. The number of piperidine rings is 1. The predicted molar refractivity (Wildman–Crippen MR) is 92.8 cm³/mol. The number of fused-ring (bicyclic) bond motifs is 2. The van der Waals surface area contributed by atoms with Crippen LogP contribution in [0.25, 0.3) is 0 Å². The van der Waals surface area contributed by atoms with Gasteiger partial charge < -0.3 is 19.7 Å². The van der Waals surface area contributed by atoms with E-state index in [1.54, 1.807) is 18.2 Å². The Labute approximate surface area is 147 Å². The van der Waals surface area contributed by atoms with E-state index in [-0.39, 0.29) is 25.0 Å². The smallest absolute Gasteiger partial charge is 0.262 e. The van der Waals surface area contributed by atoms with Gasteiger partial charge in [-0.25, -0.2) is 0 Å². The first-order valence-corrected chi connectivity index (χ1v) is 9.20. The van der Waals surface area contributed by atoms with Gasteiger partial charge in [-0.05, 0) is 43.7 Å². The van der Waals surface area contributed by atoms with Crippen molar-refractivity contribution in [2.75, 3.05) is 25.1 Å². The number of hydrogen-bond donors (Lipinski definition) is 1. The van der Waals surface area contributed by atoms with Crippen LogP contribution in [0, 0.1) is 5.92 Å². The van der Waals surface area contributed by atoms with Gasteiger partial charge in [0.15, 0.2) is 13.2 Å². The van der Waals surface area contributed by atoms with Gasteiger partial charge in [0.1, 0.15) is 17.2 Å². The molecule has 1 saturated heterocycles. The van der Waals surface area contributed by atoms with Crippen LogP contribution in [0.3, 0.4) is 0 Å². The van der Waals surface area contributed by atoms with E-state index in [0.717, 1.165) is 19.4 Å². The van der Waals surface area contributed by atoms with Crippen molar-refractivity contribution in [1.29, 1.82) is 0 Å². The van der Waals surface area contributed by atoms with Crippen molar-refractivity contribution >= 4 is 17.5 Å². The Morgan fingerprint density at radius 3 is 3.00 bits per heavy atom. The number of para-hydroxylation sites is 1. The van der Waals surface area contributed by atoms with Crippen molar-refractivity contribution < 1.29 is 19.1 Å². The highest BCUT2D eigenvalue weighted by Crippen LogP contribution is 2.37. The molecule has 2 amide bonds. The topological polar surface area (TPSA) is 67.9 Å². The van der Waals surface area contributed by atoms with E-state index in [1.165, 1.54) is 25.7 Å². The number of nitrogens with zero attached hydrogens (tertiary/aromatic N) is 1. The Bertz CT molecular complexity index is 673. The van der Waals surface area contributed by atoms with E-state index < -0.39 is 0 Å². The van der Waals surface area contributed by atoms with Crippen LogP contribution in [0.4, 0.5) is 5.69 Å². The maximum atomic E-state index is 12.7. The molecule has 1 N–H and O–H groups in total. The second kappa shape index (κ2) is 6.94. The van der Waals surface area contributed by atoms with Gasteiger partial charge in [0.05, 0.1) is 0 Å². The molecule has 1 aromatic carbocycles. The number of carbonyl (C=O) groups is 2. The Balaban J connectivity index is 1.43. The van der Waals surface area contributed by atoms with Crippen LogP contribution in [0.1, 0.15) is 38.5 Å². The number of hydrogen-bond acceptors (Lipinski definition) is 4. The van der Waals surface area contributed by atoms with Crippen LogP contribution in [0.15, 0.2) is 18.2 Å². The van der Waals surface area contributed by atoms with Crippen LogP contribution in [-0.2, 0) is 9.59 Å². The summed E-state index contributed by atoms with van der Waals surface area (Å²) in [5, 5.41) is 2.76. The van der Waals surface area contributed by atoms with Crippen molar-refractivity contribution in [1.82, 2.24) is 4.90 Å². The highest BCUT2D eigenvalue weighted by atomic mass is 16.5. The lowest BCUT2D eigenvalue weighted by Crippen LogP contribution is -2.51. The molecule has 2 fully saturated rings. The van der Waals surface area contributed by atoms with Gasteiger partial charge in [0.2, 0.25) is 0 Å². The Hall–Kier alpha value is -2.24. The summed E-state index contributed by atoms with van der Waals surface area (Å²) in [5.41, 5.74) is 0.515. The summed E-state index contributed by atoms with van der Waals surface area (Å²) in [6, 6.07) is 5.71. The molecule has 0 bridgehead atoms. The lowest BCUT2D eigenvalue weighted by Gasteiger charge is -2.44. The molecule has 2 atom stereocenters. The molecule has 1 saturated carbocycles. The molecule has 1 aliphatic carbocycles. The predicted octanol–water partition coefficient (Wildman–Crippen LogP) is 2.58. The Morgan fingerprint density at radius 1 is 1.24 bits per heavy atom. The molecule has 4 rings (SSSR count). The molecule has 2 aliphatic heterocycles. The minimum absolute atomic E-state index is 0.00442. The fourth-order valence-electron chi connectivity index (χ4n) is 4.35. The number of carbonyl (C=O) groups excluding carboxylic acids is 2. The highest BCUT2D eigenvalue weighted by Gasteiger charge is 2.35. The van der Waals surface area contributed by atoms with Crippen molar-refractivity contribution in [3.63, 3.8) is 0 Å². The molecule has 6 heteroatoms. The highest BCUT2D eigenvalue weighted by molar-refractivity contribution is 5.97. The first kappa shape index (κ1) is 16.2. The minimum atomic E-state index is -0.212. The fraction of sp³-hybridized carbons (Fsp3) is 0.579. The molecule has 1 aromatic rings. The molecule has 0 radical (unpaired) electrons. The van der Waals surface area contributed by atoms with E-state index in [2.05, 4.69) is 5.32 Å². The lowest BCUT2D eigenvalue weighted by atomic mass is 9.78. The zero-order valence-corrected chi connectivity index (χ0v) is 14.3. The van der Waals surface area contributed by atoms with E-state index in [0.29, 0.717) is 29.1 Å². The van der Waals surface area contributed by atoms with Gasteiger partial charge in [-0.3, -0.25) is 9.59 Å². The fourth-order valence-corrected chi connectivity index (χ4v) is 4.35. The first-order valence-electron chi connectivity index (χ1n) is 9.20. The largest absolute Gasteiger partial charge is 0.481 e. The average Bonchev–Trinajstić information content (AvgIpc) is 2.65. The summed E-state index contributed by atoms with van der Waals surface area (Å²) in [7, 11) is 0. The Kier molecular flexibility index (Phi) is 4.51. The molecule has 0 spiro atoms. The van der Waals surface area contributed by atoms with Crippen LogP contribution in [0.5, 0.6) is 11.5 Å². The second-order valence-electron chi connectivity index (χ2n) is 7.10. The maximum Gasteiger partial charge on any atom is 0.262 e. The first-order chi connectivity index (χ1) is 12.2. The summed E-state index contributed by atoms with van der Waals surface area (Å²) in [6.45, 7) is 0.831. The van der Waals surface area contributed by atoms with Crippen molar-refractivity contribution in [3.05, 3.63) is 18.2 Å². The van der Waals surface area contributed by atoms with Gasteiger partial charge in [-0.2, -0.15) is 0 Å². The standard InChI is InChI=1S/C19H24N2O4/c22-17-11-24-15-8-3-9-16(19(15)20-17)25-12-18(23)21-10-4-6-13-5-1-2-7-14(13)21/h3,8-9,13-14H,1-2,4-7,10-12H2,(H,20,22). The molecule has 2 heterocycles. The summed E-state index contributed by atoms with van der Waals surface area (Å²) in [4.78, 5) is 26.3. The lowest BCUT2D eigenvalue weighted by molar-refractivity contribution is -0.139. The zero-order valence-electron chi connectivity index (χ0n) is 14.3. The van der Waals surface area contributed by atoms with Crippen molar-refractivity contribution in [2.45, 2.75) is 44.6 Å². The summed E-state index contributed by atoms with van der Waals surface area (Å²) < 4.78 is 11.1. The molecule has 134 valence electrons. The van der Waals surface area contributed by atoms with Gasteiger partial charge >= 0.3 is 0 Å². The Morgan fingerprint density at radius 2 is 2.08 bits per heavy atom. The van der Waals surface area contributed by atoms with Gasteiger partial charge in [0, 0.05) is 12.6 Å². The molecule has 25 heavy (non-hydrogen) atoms. The molecule has 3 aliphatic rings. The summed E-state index contributed by atoms with van der Waals surface area (Å²) in [6.07, 6.45) is 7.17. The summed E-state index contributed by atoms with van der Waals surface area (Å²) >= 11 is 0. The normalized spacial score (nSPS) is 25.3. The number of likely N-dealkylation sites (tertiary alicyclic amines) is 1. The number of rotatable bonds is 3. The molecular formula is C19H24N2O4. The van der Waals surface area contributed by atoms with E-state index in [1.807, 2.05) is 4.90 Å². The third-order valence-electron chi connectivity index (χ3n) is 5.53. The number of ether oxygens (including phenoxy) is 2. The number of nitrogens with one attached hydrogen (secondary N) is 1. The minimum Gasteiger partial charge on any atom is -0.481 e. The zero-order chi connectivity index (χ0) is 17.2. The van der Waals surface area contributed by atoms with Crippen LogP contribution >= 0.6 is 0 Å². The molecule has 2 unspecified atom stereocenters. The van der Waals surface area contributed by atoms with Gasteiger partial charge in [-0.15, -0.1) is 0 Å². The number of anilines is 1. The molecule has 6 nitrogen and oxygen atoms in total. The SMILES string of the molecule is O=C1COc2cccc(OCC(=O)N3CCCC4CCCCC43)c2N1.